The van der Waals surface area contributed by atoms with Gasteiger partial charge < -0.3 is 10.3 Å². The third-order valence-corrected chi connectivity index (χ3v) is 5.19. The molecule has 0 radical (unpaired) electrons. The van der Waals surface area contributed by atoms with E-state index in [1.54, 1.807) is 4.52 Å². The quantitative estimate of drug-likeness (QED) is 0.434. The van der Waals surface area contributed by atoms with Gasteiger partial charge in [-0.05, 0) is 42.8 Å². The van der Waals surface area contributed by atoms with Crippen LogP contribution in [0.2, 0.25) is 0 Å². The van der Waals surface area contributed by atoms with E-state index in [-0.39, 0.29) is 0 Å². The first kappa shape index (κ1) is 19.6. The van der Waals surface area contributed by atoms with E-state index in [1.807, 2.05) is 67.7 Å². The Morgan fingerprint density at radius 2 is 1.94 bits per heavy atom. The molecule has 5 rings (SSSR count). The molecule has 0 saturated carbocycles. The third kappa shape index (κ3) is 3.85. The lowest BCUT2D eigenvalue weighted by molar-refractivity contribution is 0.668. The van der Waals surface area contributed by atoms with Crippen LogP contribution in [0, 0.1) is 18.3 Å². The zero-order chi connectivity index (χ0) is 21.9. The average Bonchev–Trinajstić information content (AvgIpc) is 3.46. The van der Waals surface area contributed by atoms with Crippen molar-refractivity contribution in [1.29, 1.82) is 5.26 Å². The summed E-state index contributed by atoms with van der Waals surface area (Å²) in [5, 5.41) is 16.9. The van der Waals surface area contributed by atoms with Gasteiger partial charge in [-0.25, -0.2) is 14.5 Å². The van der Waals surface area contributed by atoms with E-state index < -0.39 is 0 Å². The summed E-state index contributed by atoms with van der Waals surface area (Å²) in [5.41, 5.74) is 6.73. The normalized spacial score (nSPS) is 11.0. The number of aromatic amines is 1. The minimum atomic E-state index is 0.518. The number of pyridine rings is 2. The van der Waals surface area contributed by atoms with Gasteiger partial charge in [-0.3, -0.25) is 4.98 Å². The van der Waals surface area contributed by atoms with Crippen LogP contribution >= 0.6 is 0 Å². The second kappa shape index (κ2) is 8.41. The van der Waals surface area contributed by atoms with E-state index in [1.165, 1.54) is 6.33 Å². The van der Waals surface area contributed by atoms with E-state index >= 15 is 0 Å². The molecule has 0 amide bonds. The fourth-order valence-electron chi connectivity index (χ4n) is 3.64. The van der Waals surface area contributed by atoms with E-state index in [0.717, 1.165) is 45.4 Å². The number of hydrogen-bond acceptors (Lipinski definition) is 6. The number of hydrogen-bond donors (Lipinski definition) is 2. The van der Waals surface area contributed by atoms with Gasteiger partial charge in [0.25, 0.3) is 0 Å². The summed E-state index contributed by atoms with van der Waals surface area (Å²) >= 11 is 0. The van der Waals surface area contributed by atoms with E-state index in [4.69, 9.17) is 4.98 Å². The lowest BCUT2D eigenvalue weighted by Crippen LogP contribution is -2.14. The number of nitrogens with zero attached hydrogens (tertiary/aromatic N) is 6. The van der Waals surface area contributed by atoms with Crippen molar-refractivity contribution in [2.45, 2.75) is 20.0 Å². The number of aryl methyl sites for hydroxylation is 1. The van der Waals surface area contributed by atoms with E-state index in [0.29, 0.717) is 18.7 Å². The van der Waals surface area contributed by atoms with Crippen molar-refractivity contribution in [2.24, 2.45) is 0 Å². The molecule has 8 heteroatoms. The van der Waals surface area contributed by atoms with Gasteiger partial charge >= 0.3 is 0 Å². The molecule has 0 aliphatic heterocycles. The fraction of sp³-hybridized carbons (Fsp3) is 0.125. The molecule has 0 atom stereocenters. The smallest absolute Gasteiger partial charge is 0.155 e. The first-order valence-corrected chi connectivity index (χ1v) is 10.2. The lowest BCUT2D eigenvalue weighted by Gasteiger charge is -2.05. The number of aromatic nitrogens is 6. The Morgan fingerprint density at radius 3 is 2.81 bits per heavy atom. The number of rotatable bonds is 6. The van der Waals surface area contributed by atoms with Gasteiger partial charge in [0.1, 0.15) is 17.8 Å². The largest absolute Gasteiger partial charge is 0.340 e. The van der Waals surface area contributed by atoms with Crippen LogP contribution in [-0.2, 0) is 13.1 Å². The predicted octanol–water partition coefficient (Wildman–Crippen LogP) is 3.65. The average molecular weight is 420 g/mol. The van der Waals surface area contributed by atoms with Gasteiger partial charge in [-0.15, -0.1) is 0 Å². The number of fused-ring (bicyclic) bond motifs is 1. The molecule has 4 aromatic heterocycles. The minimum Gasteiger partial charge on any atom is -0.340 e. The lowest BCUT2D eigenvalue weighted by atomic mass is 10.1. The predicted molar refractivity (Wildman–Crippen MR) is 120 cm³/mol. The maximum absolute atomic E-state index is 9.29. The third-order valence-electron chi connectivity index (χ3n) is 5.19. The molecule has 1 aromatic carbocycles. The highest BCUT2D eigenvalue weighted by molar-refractivity contribution is 5.77. The Hall–Kier alpha value is -4.35. The summed E-state index contributed by atoms with van der Waals surface area (Å²) in [4.78, 5) is 17.2. The van der Waals surface area contributed by atoms with Crippen molar-refractivity contribution < 1.29 is 0 Å². The zero-order valence-corrected chi connectivity index (χ0v) is 17.4. The Bertz CT molecular complexity index is 1440. The van der Waals surface area contributed by atoms with Gasteiger partial charge in [-0.1, -0.05) is 24.3 Å². The van der Waals surface area contributed by atoms with E-state index in [9.17, 15) is 5.26 Å². The first-order chi connectivity index (χ1) is 15.7. The summed E-state index contributed by atoms with van der Waals surface area (Å²) in [6.45, 7) is 3.05. The van der Waals surface area contributed by atoms with Crippen LogP contribution in [0.5, 0.6) is 0 Å². The Morgan fingerprint density at radius 1 is 1.03 bits per heavy atom. The summed E-state index contributed by atoms with van der Waals surface area (Å²) in [5.74, 6) is 0.784. The SMILES string of the molecule is Cc1cccc(-c2nc(CNCc3ccccc3C#N)[nH]c2-c2ccc3ncnn3c2)n1. The summed E-state index contributed by atoms with van der Waals surface area (Å²) in [6, 6.07) is 19.6. The molecule has 156 valence electrons. The van der Waals surface area contributed by atoms with Crippen molar-refractivity contribution >= 4 is 5.65 Å². The monoisotopic (exact) mass is 420 g/mol. The summed E-state index contributed by atoms with van der Waals surface area (Å²) < 4.78 is 1.74. The molecule has 8 nitrogen and oxygen atoms in total. The zero-order valence-electron chi connectivity index (χ0n) is 17.4. The Labute approximate surface area is 184 Å². The molecular formula is C24H20N8. The molecular weight excluding hydrogens is 400 g/mol. The van der Waals surface area contributed by atoms with Crippen LogP contribution in [-0.4, -0.2) is 29.5 Å². The second-order valence-electron chi connectivity index (χ2n) is 7.42. The molecule has 2 N–H and O–H groups in total. The van der Waals surface area contributed by atoms with Crippen LogP contribution in [0.15, 0.2) is 67.1 Å². The molecule has 0 aliphatic rings. The van der Waals surface area contributed by atoms with Gasteiger partial charge in [0.2, 0.25) is 0 Å². The van der Waals surface area contributed by atoms with Crippen molar-refractivity contribution in [3.63, 3.8) is 0 Å². The van der Waals surface area contributed by atoms with Crippen LogP contribution in [0.4, 0.5) is 0 Å². The number of H-pyrrole nitrogens is 1. The maximum Gasteiger partial charge on any atom is 0.155 e. The standard InChI is InChI=1S/C24H20N8/c1-16-5-4-8-20(29-16)24-23(19-9-10-22-27-15-28-32(22)14-19)30-21(31-24)13-26-12-18-7-3-2-6-17(18)11-25/h2-10,14-15,26H,12-13H2,1H3,(H,30,31). The highest BCUT2D eigenvalue weighted by Gasteiger charge is 2.16. The van der Waals surface area contributed by atoms with Crippen LogP contribution in [0.1, 0.15) is 22.6 Å². The van der Waals surface area contributed by atoms with Crippen molar-refractivity contribution in [1.82, 2.24) is 34.9 Å². The number of nitriles is 1. The molecule has 0 unspecified atom stereocenters. The summed E-state index contributed by atoms with van der Waals surface area (Å²) in [7, 11) is 0. The highest BCUT2D eigenvalue weighted by Crippen LogP contribution is 2.29. The topological polar surface area (TPSA) is 108 Å². The molecule has 0 spiro atoms. The van der Waals surface area contributed by atoms with Crippen molar-refractivity contribution in [3.8, 4) is 28.7 Å². The summed E-state index contributed by atoms with van der Waals surface area (Å²) in [6.07, 6.45) is 3.46. The van der Waals surface area contributed by atoms with Gasteiger partial charge in [0, 0.05) is 24.0 Å². The minimum absolute atomic E-state index is 0.518. The van der Waals surface area contributed by atoms with Gasteiger partial charge in [0.15, 0.2) is 5.65 Å². The van der Waals surface area contributed by atoms with Gasteiger partial charge in [-0.2, -0.15) is 10.4 Å². The van der Waals surface area contributed by atoms with Crippen molar-refractivity contribution in [2.75, 3.05) is 0 Å². The molecule has 0 saturated heterocycles. The molecule has 0 aliphatic carbocycles. The Balaban J connectivity index is 1.47. The van der Waals surface area contributed by atoms with Crippen LogP contribution in [0.25, 0.3) is 28.3 Å². The Kier molecular flexibility index (Phi) is 5.15. The molecule has 32 heavy (non-hydrogen) atoms. The fourth-order valence-corrected chi connectivity index (χ4v) is 3.64. The first-order valence-electron chi connectivity index (χ1n) is 10.2. The maximum atomic E-state index is 9.29. The van der Waals surface area contributed by atoms with Crippen LogP contribution < -0.4 is 5.32 Å². The number of nitrogens with one attached hydrogen (secondary N) is 2. The molecule has 5 aromatic rings. The number of imidazole rings is 1. The second-order valence-corrected chi connectivity index (χ2v) is 7.42. The highest BCUT2D eigenvalue weighted by atomic mass is 15.3. The van der Waals surface area contributed by atoms with Gasteiger partial charge in [0.05, 0.1) is 29.6 Å². The van der Waals surface area contributed by atoms with E-state index in [2.05, 4.69) is 31.4 Å². The molecule has 0 bridgehead atoms. The number of benzene rings is 1. The molecule has 4 heterocycles. The van der Waals surface area contributed by atoms with Crippen LogP contribution in [0.3, 0.4) is 0 Å². The van der Waals surface area contributed by atoms with Crippen molar-refractivity contribution in [3.05, 3.63) is 89.8 Å². The molecule has 0 fully saturated rings.